The molecule has 0 saturated heterocycles. The first-order valence-corrected chi connectivity index (χ1v) is 5.45. The summed E-state index contributed by atoms with van der Waals surface area (Å²) >= 11 is 0. The number of pyridine rings is 1. The normalized spacial score (nSPS) is 9.65. The fraction of sp³-hybridized carbons (Fsp3) is 0.417. The lowest BCUT2D eigenvalue weighted by Crippen LogP contribution is -2.24. The topological polar surface area (TPSA) is 75.7 Å². The van der Waals surface area contributed by atoms with Crippen molar-refractivity contribution in [3.8, 4) is 12.1 Å². The molecule has 0 aliphatic carbocycles. The highest BCUT2D eigenvalue weighted by Gasteiger charge is 2.05. The van der Waals surface area contributed by atoms with Gasteiger partial charge in [0.25, 0.3) is 0 Å². The predicted octanol–water partition coefficient (Wildman–Crippen LogP) is 1.36. The molecule has 0 amide bonds. The van der Waals surface area contributed by atoms with Gasteiger partial charge in [-0.1, -0.05) is 0 Å². The number of nitrogens with one attached hydrogen (secondary N) is 1. The molecule has 17 heavy (non-hydrogen) atoms. The SMILES string of the molecule is CCNc1cc(CN(CC#N)CC#N)ccn1. The molecular formula is C12H15N5. The van der Waals surface area contributed by atoms with E-state index in [1.54, 1.807) is 11.1 Å². The van der Waals surface area contributed by atoms with E-state index in [2.05, 4.69) is 22.4 Å². The van der Waals surface area contributed by atoms with Crippen LogP contribution in [0.25, 0.3) is 0 Å². The van der Waals surface area contributed by atoms with Gasteiger partial charge in [-0.2, -0.15) is 10.5 Å². The van der Waals surface area contributed by atoms with E-state index < -0.39 is 0 Å². The Morgan fingerprint density at radius 1 is 1.35 bits per heavy atom. The van der Waals surface area contributed by atoms with Gasteiger partial charge in [0, 0.05) is 19.3 Å². The summed E-state index contributed by atoms with van der Waals surface area (Å²) in [7, 11) is 0. The van der Waals surface area contributed by atoms with Crippen LogP contribution in [0.3, 0.4) is 0 Å². The third-order valence-corrected chi connectivity index (χ3v) is 2.18. The summed E-state index contributed by atoms with van der Waals surface area (Å²) in [6, 6.07) is 7.94. The lowest BCUT2D eigenvalue weighted by atomic mass is 10.2. The summed E-state index contributed by atoms with van der Waals surface area (Å²) in [5, 5.41) is 20.4. The van der Waals surface area contributed by atoms with Crippen molar-refractivity contribution in [2.45, 2.75) is 13.5 Å². The van der Waals surface area contributed by atoms with Crippen LogP contribution in [0.15, 0.2) is 18.3 Å². The van der Waals surface area contributed by atoms with Crippen LogP contribution >= 0.6 is 0 Å². The summed E-state index contributed by atoms with van der Waals surface area (Å²) in [5.74, 6) is 0.818. The van der Waals surface area contributed by atoms with Crippen molar-refractivity contribution in [2.24, 2.45) is 0 Å². The van der Waals surface area contributed by atoms with Crippen LogP contribution in [0.5, 0.6) is 0 Å². The summed E-state index contributed by atoms with van der Waals surface area (Å²) in [6.07, 6.45) is 1.73. The molecule has 0 aliphatic rings. The molecule has 1 aromatic rings. The molecule has 0 atom stereocenters. The summed E-state index contributed by atoms with van der Waals surface area (Å²) in [6.45, 7) is 3.92. The molecule has 0 aromatic carbocycles. The van der Waals surface area contributed by atoms with E-state index in [1.165, 1.54) is 0 Å². The molecule has 88 valence electrons. The van der Waals surface area contributed by atoms with Gasteiger partial charge in [-0.15, -0.1) is 0 Å². The molecule has 0 unspecified atom stereocenters. The molecule has 0 fully saturated rings. The second-order valence-corrected chi connectivity index (χ2v) is 3.54. The maximum atomic E-state index is 8.65. The molecule has 0 radical (unpaired) electrons. The zero-order chi connectivity index (χ0) is 12.5. The minimum absolute atomic E-state index is 0.256. The highest BCUT2D eigenvalue weighted by Crippen LogP contribution is 2.09. The van der Waals surface area contributed by atoms with Gasteiger partial charge in [0.2, 0.25) is 0 Å². The van der Waals surface area contributed by atoms with Gasteiger partial charge in [-0.05, 0) is 24.6 Å². The van der Waals surface area contributed by atoms with Crippen molar-refractivity contribution in [1.29, 1.82) is 10.5 Å². The second-order valence-electron chi connectivity index (χ2n) is 3.54. The highest BCUT2D eigenvalue weighted by molar-refractivity contribution is 5.37. The smallest absolute Gasteiger partial charge is 0.126 e. The Hall–Kier alpha value is -2.11. The number of nitrogens with zero attached hydrogens (tertiary/aromatic N) is 4. The number of nitriles is 2. The zero-order valence-corrected chi connectivity index (χ0v) is 9.85. The van der Waals surface area contributed by atoms with Crippen molar-refractivity contribution < 1.29 is 0 Å². The Labute approximate surface area is 101 Å². The van der Waals surface area contributed by atoms with Crippen LogP contribution in [0.4, 0.5) is 5.82 Å². The van der Waals surface area contributed by atoms with E-state index in [-0.39, 0.29) is 13.1 Å². The van der Waals surface area contributed by atoms with E-state index in [0.717, 1.165) is 17.9 Å². The van der Waals surface area contributed by atoms with Gasteiger partial charge < -0.3 is 5.32 Å². The average Bonchev–Trinajstić information content (AvgIpc) is 2.30. The number of hydrogen-bond acceptors (Lipinski definition) is 5. The predicted molar refractivity (Wildman–Crippen MR) is 64.9 cm³/mol. The molecular weight excluding hydrogens is 214 g/mol. The maximum Gasteiger partial charge on any atom is 0.126 e. The third kappa shape index (κ3) is 4.50. The van der Waals surface area contributed by atoms with Crippen molar-refractivity contribution >= 4 is 5.82 Å². The van der Waals surface area contributed by atoms with Gasteiger partial charge in [0.1, 0.15) is 5.82 Å². The van der Waals surface area contributed by atoms with Crippen molar-refractivity contribution in [2.75, 3.05) is 25.0 Å². The molecule has 1 aromatic heterocycles. The monoisotopic (exact) mass is 229 g/mol. The standard InChI is InChI=1S/C12H15N5/c1-2-15-12-9-11(3-6-16-12)10-17(7-4-13)8-5-14/h3,6,9H,2,7-8,10H2,1H3,(H,15,16). The van der Waals surface area contributed by atoms with E-state index >= 15 is 0 Å². The first-order valence-electron chi connectivity index (χ1n) is 5.45. The largest absolute Gasteiger partial charge is 0.370 e. The van der Waals surface area contributed by atoms with Crippen LogP contribution in [0, 0.1) is 22.7 Å². The Morgan fingerprint density at radius 3 is 2.65 bits per heavy atom. The van der Waals surface area contributed by atoms with E-state index in [9.17, 15) is 0 Å². The zero-order valence-electron chi connectivity index (χ0n) is 9.85. The van der Waals surface area contributed by atoms with E-state index in [4.69, 9.17) is 10.5 Å². The Morgan fingerprint density at radius 2 is 2.06 bits per heavy atom. The molecule has 1 rings (SSSR count). The quantitative estimate of drug-likeness (QED) is 0.745. The van der Waals surface area contributed by atoms with Gasteiger partial charge >= 0.3 is 0 Å². The van der Waals surface area contributed by atoms with Gasteiger partial charge in [0.05, 0.1) is 25.2 Å². The Bertz CT molecular complexity index is 413. The third-order valence-electron chi connectivity index (χ3n) is 2.18. The van der Waals surface area contributed by atoms with Crippen molar-refractivity contribution in [3.05, 3.63) is 23.9 Å². The molecule has 5 nitrogen and oxygen atoms in total. The van der Waals surface area contributed by atoms with Crippen LogP contribution in [-0.2, 0) is 6.54 Å². The summed E-state index contributed by atoms with van der Waals surface area (Å²) < 4.78 is 0. The van der Waals surface area contributed by atoms with Crippen LogP contribution < -0.4 is 5.32 Å². The molecule has 0 bridgehead atoms. The van der Waals surface area contributed by atoms with Crippen molar-refractivity contribution in [3.63, 3.8) is 0 Å². The first kappa shape index (κ1) is 13.0. The molecule has 5 heteroatoms. The molecule has 1 heterocycles. The minimum Gasteiger partial charge on any atom is -0.370 e. The molecule has 0 aliphatic heterocycles. The fourth-order valence-electron chi connectivity index (χ4n) is 1.48. The van der Waals surface area contributed by atoms with E-state index in [1.807, 2.05) is 19.1 Å². The maximum absolute atomic E-state index is 8.65. The number of rotatable bonds is 6. The fourth-order valence-corrected chi connectivity index (χ4v) is 1.48. The van der Waals surface area contributed by atoms with Crippen LogP contribution in [-0.4, -0.2) is 29.5 Å². The Kier molecular flexibility index (Phi) is 5.50. The number of anilines is 1. The van der Waals surface area contributed by atoms with E-state index in [0.29, 0.717) is 6.54 Å². The highest BCUT2D eigenvalue weighted by atomic mass is 15.1. The van der Waals surface area contributed by atoms with Gasteiger partial charge in [0.15, 0.2) is 0 Å². The second kappa shape index (κ2) is 7.21. The van der Waals surface area contributed by atoms with Gasteiger partial charge in [-0.25, -0.2) is 4.98 Å². The molecule has 0 spiro atoms. The molecule has 1 N–H and O–H groups in total. The summed E-state index contributed by atoms with van der Waals surface area (Å²) in [4.78, 5) is 5.95. The molecule has 0 saturated carbocycles. The minimum atomic E-state index is 0.256. The van der Waals surface area contributed by atoms with Crippen LogP contribution in [0.2, 0.25) is 0 Å². The number of aromatic nitrogens is 1. The van der Waals surface area contributed by atoms with Crippen LogP contribution in [0.1, 0.15) is 12.5 Å². The average molecular weight is 229 g/mol. The van der Waals surface area contributed by atoms with Crippen molar-refractivity contribution in [1.82, 2.24) is 9.88 Å². The first-order chi connectivity index (χ1) is 8.30. The van der Waals surface area contributed by atoms with Gasteiger partial charge in [-0.3, -0.25) is 4.90 Å². The Balaban J connectivity index is 2.69. The lowest BCUT2D eigenvalue weighted by molar-refractivity contribution is 0.335. The summed E-state index contributed by atoms with van der Waals surface area (Å²) in [5.41, 5.74) is 1.04. The number of hydrogen-bond donors (Lipinski definition) is 1. The lowest BCUT2D eigenvalue weighted by Gasteiger charge is -2.15.